The number of sulfonamides is 1. The Bertz CT molecular complexity index is 1440. The van der Waals surface area contributed by atoms with Crippen molar-refractivity contribution in [2.24, 2.45) is 0 Å². The van der Waals surface area contributed by atoms with Gasteiger partial charge in [-0.1, -0.05) is 24.3 Å². The molecule has 4 rings (SSSR count). The lowest BCUT2D eigenvalue weighted by atomic mass is 10.0. The van der Waals surface area contributed by atoms with Crippen molar-refractivity contribution in [1.29, 1.82) is 0 Å². The van der Waals surface area contributed by atoms with E-state index in [2.05, 4.69) is 9.80 Å². The van der Waals surface area contributed by atoms with Gasteiger partial charge < -0.3 is 0 Å². The minimum absolute atomic E-state index is 0. The summed E-state index contributed by atoms with van der Waals surface area (Å²) < 4.78 is 76.1. The van der Waals surface area contributed by atoms with Gasteiger partial charge in [-0.15, -0.1) is 12.4 Å². The molecule has 0 atom stereocenters. The van der Waals surface area contributed by atoms with Gasteiger partial charge in [0.15, 0.2) is 19.7 Å². The number of halogens is 1. The fourth-order valence-electron chi connectivity index (χ4n) is 5.21. The van der Waals surface area contributed by atoms with Crippen LogP contribution in [-0.4, -0.2) is 97.2 Å². The molecule has 0 aliphatic carbocycles. The molecule has 2 saturated heterocycles. The van der Waals surface area contributed by atoms with Crippen molar-refractivity contribution < 1.29 is 25.3 Å². The van der Waals surface area contributed by atoms with Crippen molar-refractivity contribution in [3.05, 3.63) is 54.1 Å². The molecular formula is C25H36ClN3O6S3. The number of likely N-dealkylation sites (tertiary alicyclic amines) is 1. The number of rotatable bonds is 7. The van der Waals surface area contributed by atoms with E-state index >= 15 is 0 Å². The van der Waals surface area contributed by atoms with Crippen LogP contribution in [0.2, 0.25) is 0 Å². The number of benzene rings is 2. The van der Waals surface area contributed by atoms with Gasteiger partial charge in [-0.3, -0.25) is 9.80 Å². The first kappa shape index (κ1) is 31.0. The second kappa shape index (κ2) is 12.3. The lowest BCUT2D eigenvalue weighted by Gasteiger charge is -2.38. The molecule has 2 aromatic rings. The van der Waals surface area contributed by atoms with E-state index in [4.69, 9.17) is 0 Å². The maximum atomic E-state index is 13.3. The molecule has 0 aromatic heterocycles. The Balaban J connectivity index is 0.00000400. The van der Waals surface area contributed by atoms with E-state index in [1.54, 1.807) is 12.1 Å². The van der Waals surface area contributed by atoms with Gasteiger partial charge in [-0.2, -0.15) is 4.31 Å². The van der Waals surface area contributed by atoms with Crippen molar-refractivity contribution in [2.75, 3.05) is 51.8 Å². The lowest BCUT2D eigenvalue weighted by Crippen LogP contribution is -2.46. The van der Waals surface area contributed by atoms with E-state index in [1.807, 2.05) is 12.1 Å². The molecule has 2 fully saturated rings. The Morgan fingerprint density at radius 1 is 0.737 bits per heavy atom. The molecule has 212 valence electrons. The molecule has 2 aromatic carbocycles. The normalized spacial score (nSPS) is 19.5. The summed E-state index contributed by atoms with van der Waals surface area (Å²) in [6, 6.07) is 13.1. The zero-order valence-electron chi connectivity index (χ0n) is 21.7. The summed E-state index contributed by atoms with van der Waals surface area (Å²) in [4.78, 5) is 5.03. The van der Waals surface area contributed by atoms with Gasteiger partial charge in [0.25, 0.3) is 0 Å². The first-order valence-corrected chi connectivity index (χ1v) is 17.6. The summed E-state index contributed by atoms with van der Waals surface area (Å²) in [6.45, 7) is 4.45. The van der Waals surface area contributed by atoms with E-state index in [0.29, 0.717) is 43.5 Å². The quantitative estimate of drug-likeness (QED) is 0.473. The molecule has 0 radical (unpaired) electrons. The zero-order valence-corrected chi connectivity index (χ0v) is 25.0. The van der Waals surface area contributed by atoms with E-state index < -0.39 is 29.7 Å². The highest BCUT2D eigenvalue weighted by molar-refractivity contribution is 7.91. The molecule has 2 heterocycles. The number of nitrogens with zero attached hydrogens (tertiary/aromatic N) is 3. The van der Waals surface area contributed by atoms with Crippen LogP contribution in [0.25, 0.3) is 0 Å². The highest BCUT2D eigenvalue weighted by atomic mass is 35.5. The third kappa shape index (κ3) is 7.35. The Morgan fingerprint density at radius 3 is 2.05 bits per heavy atom. The molecule has 13 heteroatoms. The Hall–Kier alpha value is -1.54. The van der Waals surface area contributed by atoms with Crippen LogP contribution in [0, 0.1) is 0 Å². The van der Waals surface area contributed by atoms with Gasteiger partial charge in [0.1, 0.15) is 0 Å². The molecule has 0 unspecified atom stereocenters. The maximum Gasteiger partial charge on any atom is 0.243 e. The van der Waals surface area contributed by atoms with Crippen LogP contribution >= 0.6 is 12.4 Å². The second-order valence-corrected chi connectivity index (χ2v) is 15.9. The van der Waals surface area contributed by atoms with Gasteiger partial charge in [0.2, 0.25) is 10.0 Å². The molecule has 2 aliphatic heterocycles. The van der Waals surface area contributed by atoms with E-state index in [9.17, 15) is 25.3 Å². The van der Waals surface area contributed by atoms with Crippen molar-refractivity contribution in [3.63, 3.8) is 0 Å². The second-order valence-electron chi connectivity index (χ2n) is 9.93. The number of hydrogen-bond acceptors (Lipinski definition) is 8. The largest absolute Gasteiger partial charge is 0.299 e. The Labute approximate surface area is 233 Å². The molecule has 0 N–H and O–H groups in total. The van der Waals surface area contributed by atoms with Crippen molar-refractivity contribution >= 4 is 42.1 Å². The van der Waals surface area contributed by atoms with Crippen LogP contribution < -0.4 is 0 Å². The van der Waals surface area contributed by atoms with Crippen LogP contribution in [-0.2, 0) is 36.2 Å². The molecule has 0 amide bonds. The van der Waals surface area contributed by atoms with Crippen molar-refractivity contribution in [1.82, 2.24) is 14.1 Å². The summed E-state index contributed by atoms with van der Waals surface area (Å²) in [5.74, 6) is 0. The lowest BCUT2D eigenvalue weighted by molar-refractivity contribution is 0.108. The summed E-state index contributed by atoms with van der Waals surface area (Å²) in [5, 5.41) is 0. The molecule has 0 spiro atoms. The van der Waals surface area contributed by atoms with E-state index in [0.717, 1.165) is 44.3 Å². The van der Waals surface area contributed by atoms with Gasteiger partial charge in [0.05, 0.1) is 14.7 Å². The van der Waals surface area contributed by atoms with Crippen LogP contribution in [0.1, 0.15) is 24.8 Å². The SMILES string of the molecule is CS(=O)(=O)c1cccc(S(=O)(=O)N2CCCN(C3CCN(Cc4ccccc4S(C)(=O)=O)CC3)CC2)c1.Cl. The highest BCUT2D eigenvalue weighted by Gasteiger charge is 2.31. The number of hydrogen-bond donors (Lipinski definition) is 0. The smallest absolute Gasteiger partial charge is 0.243 e. The molecule has 0 saturated carbocycles. The first-order chi connectivity index (χ1) is 17.4. The summed E-state index contributed by atoms with van der Waals surface area (Å²) in [6.07, 6.45) is 4.88. The van der Waals surface area contributed by atoms with Crippen LogP contribution in [0.15, 0.2) is 63.2 Å². The molecule has 38 heavy (non-hydrogen) atoms. The van der Waals surface area contributed by atoms with Gasteiger partial charge in [0, 0.05) is 44.7 Å². The van der Waals surface area contributed by atoms with Crippen molar-refractivity contribution in [3.8, 4) is 0 Å². The fourth-order valence-corrected chi connectivity index (χ4v) is 8.41. The third-order valence-corrected chi connectivity index (χ3v) is 11.4. The first-order valence-electron chi connectivity index (χ1n) is 12.4. The monoisotopic (exact) mass is 605 g/mol. The standard InChI is InChI=1S/C25H35N3O6S3.ClH/c1-35(29,30)23-8-5-9-24(19-23)37(33,34)28-14-6-13-27(17-18-28)22-11-15-26(16-12-22)20-21-7-3-4-10-25(21)36(2,31)32;/h3-5,7-10,19,22H,6,11-18,20H2,1-2H3;1H. The summed E-state index contributed by atoms with van der Waals surface area (Å²) >= 11 is 0. The van der Waals surface area contributed by atoms with Gasteiger partial charge >= 0.3 is 0 Å². The molecular weight excluding hydrogens is 570 g/mol. The average molecular weight is 606 g/mol. The van der Waals surface area contributed by atoms with E-state index in [1.165, 1.54) is 34.8 Å². The molecule has 2 aliphatic rings. The minimum Gasteiger partial charge on any atom is -0.299 e. The Morgan fingerprint density at radius 2 is 1.39 bits per heavy atom. The average Bonchev–Trinajstić information content (AvgIpc) is 3.11. The number of piperidine rings is 1. The summed E-state index contributed by atoms with van der Waals surface area (Å²) in [7, 11) is -10.6. The molecule has 9 nitrogen and oxygen atoms in total. The van der Waals surface area contributed by atoms with Crippen LogP contribution in [0.5, 0.6) is 0 Å². The van der Waals surface area contributed by atoms with Crippen LogP contribution in [0.3, 0.4) is 0 Å². The van der Waals surface area contributed by atoms with Crippen LogP contribution in [0.4, 0.5) is 0 Å². The van der Waals surface area contributed by atoms with E-state index in [-0.39, 0.29) is 22.2 Å². The van der Waals surface area contributed by atoms with Crippen molar-refractivity contribution in [2.45, 2.75) is 46.5 Å². The predicted molar refractivity (Wildman–Crippen MR) is 150 cm³/mol. The summed E-state index contributed by atoms with van der Waals surface area (Å²) in [5.41, 5.74) is 0.819. The highest BCUT2D eigenvalue weighted by Crippen LogP contribution is 2.25. The Kier molecular flexibility index (Phi) is 10.0. The minimum atomic E-state index is -3.80. The fraction of sp³-hybridized carbons (Fsp3) is 0.520. The maximum absolute atomic E-state index is 13.3. The molecule has 0 bridgehead atoms. The van der Waals surface area contributed by atoms with Gasteiger partial charge in [-0.25, -0.2) is 25.3 Å². The van der Waals surface area contributed by atoms with Gasteiger partial charge in [-0.05, 0) is 68.7 Å². The zero-order chi connectivity index (χ0) is 26.8. The third-order valence-electron chi connectivity index (χ3n) is 7.20. The predicted octanol–water partition coefficient (Wildman–Crippen LogP) is 2.28. The number of sulfone groups is 2. The topological polar surface area (TPSA) is 112 Å².